The van der Waals surface area contributed by atoms with E-state index in [1.165, 1.54) is 23.4 Å². The van der Waals surface area contributed by atoms with Crippen molar-refractivity contribution in [2.75, 3.05) is 13.2 Å². The second-order valence-corrected chi connectivity index (χ2v) is 7.81. The fourth-order valence-corrected chi connectivity index (χ4v) is 4.26. The molecular weight excluding hydrogens is 366 g/mol. The van der Waals surface area contributed by atoms with Crippen LogP contribution in [0, 0.1) is 5.92 Å². The molecule has 2 aliphatic rings. The molecule has 7 nitrogen and oxygen atoms in total. The molecule has 0 unspecified atom stereocenters. The van der Waals surface area contributed by atoms with Gasteiger partial charge < -0.3 is 4.57 Å². The van der Waals surface area contributed by atoms with Crippen LogP contribution in [-0.4, -0.2) is 43.2 Å². The second kappa shape index (κ2) is 6.42. The molecule has 29 heavy (non-hydrogen) atoms. The van der Waals surface area contributed by atoms with E-state index < -0.39 is 0 Å². The summed E-state index contributed by atoms with van der Waals surface area (Å²) in [6, 6.07) is 12.1. The Bertz CT molecular complexity index is 1220. The minimum absolute atomic E-state index is 0.145. The highest BCUT2D eigenvalue weighted by molar-refractivity contribution is 6.10. The molecule has 0 spiro atoms. The van der Waals surface area contributed by atoms with Gasteiger partial charge in [-0.1, -0.05) is 18.2 Å². The summed E-state index contributed by atoms with van der Waals surface area (Å²) in [4.78, 5) is 27.8. The number of aromatic nitrogens is 4. The quantitative estimate of drug-likeness (QED) is 0.537. The van der Waals surface area contributed by atoms with Crippen LogP contribution in [0.15, 0.2) is 48.8 Å². The molecule has 0 radical (unpaired) electrons. The SMILES string of the molecule is O=C(c1cc2c(c3ccccc3n2CC2CC2)n1-c1ncccn1)N1CCCO1. The van der Waals surface area contributed by atoms with Crippen molar-refractivity contribution in [2.45, 2.75) is 25.8 Å². The number of carbonyl (C=O) groups excluding carboxylic acids is 1. The van der Waals surface area contributed by atoms with Crippen LogP contribution >= 0.6 is 0 Å². The van der Waals surface area contributed by atoms with Crippen LogP contribution in [-0.2, 0) is 11.4 Å². The van der Waals surface area contributed by atoms with Crippen molar-refractivity contribution in [3.05, 3.63) is 54.5 Å². The number of amides is 1. The number of fused-ring (bicyclic) bond motifs is 3. The lowest BCUT2D eigenvalue weighted by Crippen LogP contribution is -2.28. The number of nitrogens with zero attached hydrogens (tertiary/aromatic N) is 5. The van der Waals surface area contributed by atoms with Gasteiger partial charge in [-0.25, -0.2) is 15.0 Å². The minimum atomic E-state index is -0.145. The van der Waals surface area contributed by atoms with E-state index in [1.807, 2.05) is 16.7 Å². The van der Waals surface area contributed by atoms with Gasteiger partial charge >= 0.3 is 0 Å². The number of carbonyl (C=O) groups is 1. The van der Waals surface area contributed by atoms with Crippen molar-refractivity contribution in [2.24, 2.45) is 5.92 Å². The second-order valence-electron chi connectivity index (χ2n) is 7.81. The zero-order chi connectivity index (χ0) is 19.4. The summed E-state index contributed by atoms with van der Waals surface area (Å²) in [5.41, 5.74) is 3.76. The van der Waals surface area contributed by atoms with Crippen molar-refractivity contribution in [1.29, 1.82) is 0 Å². The number of hydroxylamine groups is 2. The van der Waals surface area contributed by atoms with Gasteiger partial charge in [0.1, 0.15) is 5.69 Å². The summed E-state index contributed by atoms with van der Waals surface area (Å²) >= 11 is 0. The Morgan fingerprint density at radius 3 is 2.69 bits per heavy atom. The Balaban J connectivity index is 1.65. The van der Waals surface area contributed by atoms with Gasteiger partial charge in [-0.2, -0.15) is 0 Å². The molecule has 2 fully saturated rings. The van der Waals surface area contributed by atoms with E-state index in [-0.39, 0.29) is 5.91 Å². The summed E-state index contributed by atoms with van der Waals surface area (Å²) in [6.45, 7) is 2.15. The average molecular weight is 387 g/mol. The fraction of sp³-hybridized carbons (Fsp3) is 0.318. The Labute approximate surface area is 167 Å². The summed E-state index contributed by atoms with van der Waals surface area (Å²) in [5, 5.41) is 2.57. The lowest BCUT2D eigenvalue weighted by Gasteiger charge is -2.15. The molecule has 7 heteroatoms. The van der Waals surface area contributed by atoms with Crippen LogP contribution in [0.25, 0.3) is 27.9 Å². The molecule has 0 N–H and O–H groups in total. The van der Waals surface area contributed by atoms with E-state index in [9.17, 15) is 4.79 Å². The van der Waals surface area contributed by atoms with E-state index in [0.717, 1.165) is 29.4 Å². The minimum Gasteiger partial charge on any atom is -0.339 e. The van der Waals surface area contributed by atoms with Crippen LogP contribution in [0.5, 0.6) is 0 Å². The normalized spacial score (nSPS) is 16.9. The van der Waals surface area contributed by atoms with Crippen molar-refractivity contribution < 1.29 is 9.63 Å². The molecule has 1 aliphatic heterocycles. The van der Waals surface area contributed by atoms with Crippen molar-refractivity contribution in [3.8, 4) is 5.95 Å². The highest BCUT2D eigenvalue weighted by Gasteiger charge is 2.30. The number of rotatable bonds is 4. The standard InChI is InChI=1S/C22H21N5O2/c28-21(26-11-4-12-29-26)19-13-18-20(27(19)22-23-9-3-10-24-22)16-5-1-2-6-17(16)25(18)14-15-7-8-15/h1-3,5-6,9-10,13,15H,4,7-8,11-12,14H2. The van der Waals surface area contributed by atoms with Crippen molar-refractivity contribution in [3.63, 3.8) is 0 Å². The first kappa shape index (κ1) is 16.7. The van der Waals surface area contributed by atoms with Crippen molar-refractivity contribution >= 4 is 27.8 Å². The number of para-hydroxylation sites is 1. The zero-order valence-electron chi connectivity index (χ0n) is 16.0. The fourth-order valence-electron chi connectivity index (χ4n) is 4.26. The maximum atomic E-state index is 13.3. The topological polar surface area (TPSA) is 65.2 Å². The highest BCUT2D eigenvalue weighted by atomic mass is 16.7. The van der Waals surface area contributed by atoms with Gasteiger partial charge in [0.15, 0.2) is 0 Å². The number of hydrogen-bond donors (Lipinski definition) is 0. The third kappa shape index (κ3) is 2.65. The van der Waals surface area contributed by atoms with Crippen LogP contribution < -0.4 is 0 Å². The molecule has 3 aromatic heterocycles. The van der Waals surface area contributed by atoms with E-state index in [4.69, 9.17) is 4.84 Å². The maximum Gasteiger partial charge on any atom is 0.294 e. The Hall–Kier alpha value is -3.19. The lowest BCUT2D eigenvalue weighted by atomic mass is 10.2. The summed E-state index contributed by atoms with van der Waals surface area (Å²) in [5.74, 6) is 1.07. The van der Waals surface area contributed by atoms with Gasteiger partial charge in [-0.3, -0.25) is 14.2 Å². The number of hydrogen-bond acceptors (Lipinski definition) is 4. The predicted molar refractivity (Wildman–Crippen MR) is 109 cm³/mol. The first-order chi connectivity index (χ1) is 14.3. The monoisotopic (exact) mass is 387 g/mol. The van der Waals surface area contributed by atoms with E-state index >= 15 is 0 Å². The van der Waals surface area contributed by atoms with Crippen LogP contribution in [0.3, 0.4) is 0 Å². The molecule has 1 amide bonds. The largest absolute Gasteiger partial charge is 0.339 e. The third-order valence-corrected chi connectivity index (χ3v) is 5.81. The molecule has 1 aromatic carbocycles. The van der Waals surface area contributed by atoms with Crippen LogP contribution in [0.1, 0.15) is 29.8 Å². The average Bonchev–Trinajstić information content (AvgIpc) is 3.17. The smallest absolute Gasteiger partial charge is 0.294 e. The first-order valence-corrected chi connectivity index (χ1v) is 10.2. The highest BCUT2D eigenvalue weighted by Crippen LogP contribution is 2.38. The van der Waals surface area contributed by atoms with Gasteiger partial charge in [-0.05, 0) is 43.4 Å². The molecule has 146 valence electrons. The summed E-state index contributed by atoms with van der Waals surface area (Å²) in [7, 11) is 0. The molecule has 4 heterocycles. The molecule has 1 saturated carbocycles. The molecule has 0 atom stereocenters. The Morgan fingerprint density at radius 2 is 1.93 bits per heavy atom. The maximum absolute atomic E-state index is 13.3. The first-order valence-electron chi connectivity index (χ1n) is 10.2. The Morgan fingerprint density at radius 1 is 1.10 bits per heavy atom. The molecule has 0 bridgehead atoms. The van der Waals surface area contributed by atoms with Crippen LogP contribution in [0.4, 0.5) is 0 Å². The third-order valence-electron chi connectivity index (χ3n) is 5.81. The van der Waals surface area contributed by atoms with E-state index in [0.29, 0.717) is 30.7 Å². The molecule has 4 aromatic rings. The molecular formula is C22H21N5O2. The van der Waals surface area contributed by atoms with Crippen molar-refractivity contribution in [1.82, 2.24) is 24.2 Å². The molecule has 6 rings (SSSR count). The molecule has 1 aliphatic carbocycles. The molecule has 1 saturated heterocycles. The summed E-state index contributed by atoms with van der Waals surface area (Å²) < 4.78 is 4.24. The Kier molecular flexibility index (Phi) is 3.70. The predicted octanol–water partition coefficient (Wildman–Crippen LogP) is 3.56. The van der Waals surface area contributed by atoms with Gasteiger partial charge in [-0.15, -0.1) is 0 Å². The lowest BCUT2D eigenvalue weighted by molar-refractivity contribution is -0.0772. The number of benzene rings is 1. The van der Waals surface area contributed by atoms with Gasteiger partial charge in [0.2, 0.25) is 5.95 Å². The zero-order valence-corrected chi connectivity index (χ0v) is 16.0. The van der Waals surface area contributed by atoms with Gasteiger partial charge in [0.05, 0.1) is 29.7 Å². The van der Waals surface area contributed by atoms with Gasteiger partial charge in [0.25, 0.3) is 5.91 Å². The van der Waals surface area contributed by atoms with Crippen LogP contribution in [0.2, 0.25) is 0 Å². The van der Waals surface area contributed by atoms with Gasteiger partial charge in [0, 0.05) is 24.3 Å². The van der Waals surface area contributed by atoms with E-state index in [1.54, 1.807) is 18.5 Å². The van der Waals surface area contributed by atoms with E-state index in [2.05, 4.69) is 32.7 Å². The summed E-state index contributed by atoms with van der Waals surface area (Å²) in [6.07, 6.45) is 6.80.